The zero-order valence-corrected chi connectivity index (χ0v) is 21.8. The predicted molar refractivity (Wildman–Crippen MR) is 144 cm³/mol. The topological polar surface area (TPSA) is 67.4 Å². The molecule has 5 heteroatoms. The summed E-state index contributed by atoms with van der Waals surface area (Å²) in [6.07, 6.45) is 0. The van der Waals surface area contributed by atoms with Crippen molar-refractivity contribution in [3.8, 4) is 5.75 Å². The first-order valence-corrected chi connectivity index (χ1v) is 11.9. The lowest BCUT2D eigenvalue weighted by Crippen LogP contribution is -2.23. The average molecular weight is 473 g/mol. The van der Waals surface area contributed by atoms with Crippen molar-refractivity contribution in [3.05, 3.63) is 89.0 Å². The fourth-order valence-corrected chi connectivity index (χ4v) is 3.71. The molecule has 0 unspecified atom stereocenters. The van der Waals surface area contributed by atoms with Crippen LogP contribution in [0.5, 0.6) is 5.75 Å². The lowest BCUT2D eigenvalue weighted by molar-refractivity contribution is -0.118. The van der Waals surface area contributed by atoms with Crippen molar-refractivity contribution in [2.24, 2.45) is 0 Å². The van der Waals surface area contributed by atoms with Gasteiger partial charge in [-0.25, -0.2) is 0 Å². The molecule has 0 aliphatic heterocycles. The number of aryl methyl sites for hydroxylation is 1. The Kier molecular flexibility index (Phi) is 7.69. The van der Waals surface area contributed by atoms with Crippen molar-refractivity contribution in [2.75, 3.05) is 17.2 Å². The molecule has 3 aromatic carbocycles. The van der Waals surface area contributed by atoms with Crippen molar-refractivity contribution in [2.45, 2.75) is 59.3 Å². The summed E-state index contributed by atoms with van der Waals surface area (Å²) in [6, 6.07) is 20.6. The molecular formula is C30H36N2O3. The molecule has 0 aliphatic carbocycles. The van der Waals surface area contributed by atoms with E-state index in [4.69, 9.17) is 4.74 Å². The van der Waals surface area contributed by atoms with E-state index in [0.717, 1.165) is 16.8 Å². The minimum absolute atomic E-state index is 0.0204. The number of hydrogen-bond acceptors (Lipinski definition) is 3. The second-order valence-electron chi connectivity index (χ2n) is 11.0. The van der Waals surface area contributed by atoms with E-state index in [1.165, 1.54) is 5.56 Å². The molecule has 0 spiro atoms. The highest BCUT2D eigenvalue weighted by Crippen LogP contribution is 2.35. The number of hydrogen-bond donors (Lipinski definition) is 2. The third kappa shape index (κ3) is 7.19. The molecule has 3 rings (SSSR count). The lowest BCUT2D eigenvalue weighted by Gasteiger charge is -2.27. The van der Waals surface area contributed by atoms with Gasteiger partial charge < -0.3 is 15.4 Å². The fraction of sp³-hybridized carbons (Fsp3) is 0.333. The molecule has 2 amide bonds. The standard InChI is InChI=1S/C30H36N2O3/c1-20-10-8-12-23(16-20)32-28(34)21-11-9-13-24(17-21)31-27(33)19-35-26-15-14-22(29(2,3)4)18-25(26)30(5,6)7/h8-18H,19H2,1-7H3,(H,31,33)(H,32,34). The van der Waals surface area contributed by atoms with E-state index in [1.54, 1.807) is 24.3 Å². The number of carbonyl (C=O) groups excluding carboxylic acids is 2. The molecule has 0 aliphatic rings. The third-order valence-corrected chi connectivity index (χ3v) is 5.70. The molecule has 184 valence electrons. The van der Waals surface area contributed by atoms with Crippen LogP contribution in [0.25, 0.3) is 0 Å². The second-order valence-corrected chi connectivity index (χ2v) is 11.0. The van der Waals surface area contributed by atoms with Crippen LogP contribution in [-0.2, 0) is 15.6 Å². The first kappa shape index (κ1) is 26.0. The Hall–Kier alpha value is -3.60. The highest BCUT2D eigenvalue weighted by atomic mass is 16.5. The summed E-state index contributed by atoms with van der Waals surface area (Å²) in [5.74, 6) is 0.171. The van der Waals surface area contributed by atoms with Crippen LogP contribution in [0.3, 0.4) is 0 Å². The maximum absolute atomic E-state index is 12.7. The number of amides is 2. The molecule has 0 radical (unpaired) electrons. The molecule has 2 N–H and O–H groups in total. The Morgan fingerprint density at radius 3 is 2.06 bits per heavy atom. The SMILES string of the molecule is Cc1cccc(NC(=O)c2cccc(NC(=O)COc3ccc(C(C)(C)C)cc3C(C)(C)C)c2)c1. The molecular weight excluding hydrogens is 436 g/mol. The van der Waals surface area contributed by atoms with Gasteiger partial charge in [-0.05, 0) is 70.8 Å². The third-order valence-electron chi connectivity index (χ3n) is 5.70. The maximum atomic E-state index is 12.7. The normalized spacial score (nSPS) is 11.6. The van der Waals surface area contributed by atoms with Gasteiger partial charge in [0.25, 0.3) is 11.8 Å². The molecule has 0 saturated heterocycles. The smallest absolute Gasteiger partial charge is 0.262 e. The van der Waals surface area contributed by atoms with E-state index in [9.17, 15) is 9.59 Å². The van der Waals surface area contributed by atoms with E-state index in [1.807, 2.05) is 37.3 Å². The first-order chi connectivity index (χ1) is 16.3. The zero-order valence-electron chi connectivity index (χ0n) is 21.8. The number of anilines is 2. The van der Waals surface area contributed by atoms with Crippen molar-refractivity contribution in [1.29, 1.82) is 0 Å². The zero-order chi connectivity index (χ0) is 25.8. The number of nitrogens with one attached hydrogen (secondary N) is 2. The predicted octanol–water partition coefficient (Wildman–Crippen LogP) is 6.86. The minimum atomic E-state index is -0.291. The second kappa shape index (κ2) is 10.3. The summed E-state index contributed by atoms with van der Waals surface area (Å²) < 4.78 is 5.94. The molecule has 5 nitrogen and oxygen atoms in total. The maximum Gasteiger partial charge on any atom is 0.262 e. The van der Waals surface area contributed by atoms with Crippen molar-refractivity contribution < 1.29 is 14.3 Å². The Balaban J connectivity index is 1.67. The van der Waals surface area contributed by atoms with Crippen LogP contribution >= 0.6 is 0 Å². The fourth-order valence-electron chi connectivity index (χ4n) is 3.71. The largest absolute Gasteiger partial charge is 0.483 e. The number of rotatable bonds is 6. The van der Waals surface area contributed by atoms with Crippen LogP contribution < -0.4 is 15.4 Å². The monoisotopic (exact) mass is 472 g/mol. The van der Waals surface area contributed by atoms with Gasteiger partial charge in [0.15, 0.2) is 6.61 Å². The first-order valence-electron chi connectivity index (χ1n) is 11.9. The van der Waals surface area contributed by atoms with Gasteiger partial charge in [-0.2, -0.15) is 0 Å². The van der Waals surface area contributed by atoms with Gasteiger partial charge in [0.2, 0.25) is 0 Å². The molecule has 0 bridgehead atoms. The molecule has 3 aromatic rings. The Labute approximate surface area is 208 Å². The van der Waals surface area contributed by atoms with Gasteiger partial charge in [0.05, 0.1) is 0 Å². The van der Waals surface area contributed by atoms with E-state index in [-0.39, 0.29) is 29.3 Å². The summed E-state index contributed by atoms with van der Waals surface area (Å²) in [6.45, 7) is 14.8. The van der Waals surface area contributed by atoms with Crippen LogP contribution in [0.2, 0.25) is 0 Å². The van der Waals surface area contributed by atoms with Crippen LogP contribution in [0, 0.1) is 6.92 Å². The summed E-state index contributed by atoms with van der Waals surface area (Å²) >= 11 is 0. The average Bonchev–Trinajstić information content (AvgIpc) is 2.76. The highest BCUT2D eigenvalue weighted by Gasteiger charge is 2.23. The molecule has 0 heterocycles. The van der Waals surface area contributed by atoms with Gasteiger partial charge in [-0.1, -0.05) is 71.9 Å². The summed E-state index contributed by atoms with van der Waals surface area (Å²) in [4.78, 5) is 25.3. The minimum Gasteiger partial charge on any atom is -0.483 e. The molecule has 0 aromatic heterocycles. The van der Waals surface area contributed by atoms with Crippen LogP contribution in [0.1, 0.15) is 68.6 Å². The number of ether oxygens (including phenoxy) is 1. The summed E-state index contributed by atoms with van der Waals surface area (Å²) in [5.41, 5.74) is 4.95. The van der Waals surface area contributed by atoms with E-state index < -0.39 is 0 Å². The number of carbonyl (C=O) groups is 2. The van der Waals surface area contributed by atoms with Crippen LogP contribution in [0.15, 0.2) is 66.7 Å². The van der Waals surface area contributed by atoms with E-state index in [2.05, 4.69) is 64.3 Å². The number of benzene rings is 3. The van der Waals surface area contributed by atoms with Crippen molar-refractivity contribution in [1.82, 2.24) is 0 Å². The van der Waals surface area contributed by atoms with Gasteiger partial charge in [-0.15, -0.1) is 0 Å². The molecule has 0 fully saturated rings. The molecule has 0 saturated carbocycles. The Morgan fingerprint density at radius 1 is 0.771 bits per heavy atom. The van der Waals surface area contributed by atoms with Crippen LogP contribution in [-0.4, -0.2) is 18.4 Å². The Morgan fingerprint density at radius 2 is 1.43 bits per heavy atom. The van der Waals surface area contributed by atoms with E-state index in [0.29, 0.717) is 17.0 Å². The van der Waals surface area contributed by atoms with Gasteiger partial charge in [-0.3, -0.25) is 9.59 Å². The van der Waals surface area contributed by atoms with Crippen molar-refractivity contribution in [3.63, 3.8) is 0 Å². The summed E-state index contributed by atoms with van der Waals surface area (Å²) in [7, 11) is 0. The molecule has 35 heavy (non-hydrogen) atoms. The van der Waals surface area contributed by atoms with Gasteiger partial charge >= 0.3 is 0 Å². The van der Waals surface area contributed by atoms with Crippen molar-refractivity contribution >= 4 is 23.2 Å². The molecule has 0 atom stereocenters. The quantitative estimate of drug-likeness (QED) is 0.412. The van der Waals surface area contributed by atoms with Crippen LogP contribution in [0.4, 0.5) is 11.4 Å². The Bertz CT molecular complexity index is 1220. The van der Waals surface area contributed by atoms with Gasteiger partial charge in [0, 0.05) is 16.9 Å². The summed E-state index contributed by atoms with van der Waals surface area (Å²) in [5, 5.41) is 5.72. The lowest BCUT2D eigenvalue weighted by atomic mass is 9.80. The highest BCUT2D eigenvalue weighted by molar-refractivity contribution is 6.05. The van der Waals surface area contributed by atoms with E-state index >= 15 is 0 Å². The van der Waals surface area contributed by atoms with Gasteiger partial charge in [0.1, 0.15) is 5.75 Å².